The number of amides is 2. The summed E-state index contributed by atoms with van der Waals surface area (Å²) < 4.78 is 0. The summed E-state index contributed by atoms with van der Waals surface area (Å²) in [5.41, 5.74) is 0.923. The number of nitrogens with zero attached hydrogens (tertiary/aromatic N) is 1. The largest absolute Gasteiger partial charge is 0.508 e. The van der Waals surface area contributed by atoms with Crippen molar-refractivity contribution in [3.63, 3.8) is 0 Å². The minimum atomic E-state index is -0.492. The number of hydrogen-bond donors (Lipinski definition) is 2. The van der Waals surface area contributed by atoms with Gasteiger partial charge in [0.1, 0.15) is 17.8 Å². The number of rotatable bonds is 2. The number of aromatic hydroxyl groups is 1. The zero-order chi connectivity index (χ0) is 14.3. The highest BCUT2D eigenvalue weighted by Crippen LogP contribution is 2.27. The summed E-state index contributed by atoms with van der Waals surface area (Å²) in [7, 11) is 0. The number of benzene rings is 1. The van der Waals surface area contributed by atoms with Crippen LogP contribution in [0.1, 0.15) is 18.9 Å². The molecule has 2 N–H and O–H groups in total. The molecule has 5 heteroatoms. The highest BCUT2D eigenvalue weighted by atomic mass is 16.3. The van der Waals surface area contributed by atoms with Gasteiger partial charge in [-0.1, -0.05) is 19.1 Å². The molecule has 20 heavy (non-hydrogen) atoms. The van der Waals surface area contributed by atoms with Crippen LogP contribution in [-0.4, -0.2) is 40.4 Å². The molecule has 3 atom stereocenters. The summed E-state index contributed by atoms with van der Waals surface area (Å²) >= 11 is 0. The van der Waals surface area contributed by atoms with Crippen LogP contribution in [0.25, 0.3) is 0 Å². The van der Waals surface area contributed by atoms with Gasteiger partial charge in [-0.3, -0.25) is 9.59 Å². The van der Waals surface area contributed by atoms with Gasteiger partial charge >= 0.3 is 0 Å². The number of fused-ring (bicyclic) bond motifs is 1. The van der Waals surface area contributed by atoms with E-state index in [1.54, 1.807) is 29.2 Å². The molecule has 1 aromatic rings. The molecule has 2 heterocycles. The Balaban J connectivity index is 1.76. The minimum Gasteiger partial charge on any atom is -0.508 e. The van der Waals surface area contributed by atoms with E-state index < -0.39 is 6.04 Å². The highest BCUT2D eigenvalue weighted by molar-refractivity contribution is 5.97. The average molecular weight is 274 g/mol. The molecule has 2 fully saturated rings. The molecular formula is C15H18N2O3. The predicted molar refractivity (Wildman–Crippen MR) is 73.0 cm³/mol. The number of nitrogens with one attached hydrogen (secondary N) is 1. The zero-order valence-corrected chi connectivity index (χ0v) is 11.4. The van der Waals surface area contributed by atoms with Gasteiger partial charge in [0.2, 0.25) is 11.8 Å². The highest BCUT2D eigenvalue weighted by Gasteiger charge is 2.44. The van der Waals surface area contributed by atoms with Gasteiger partial charge in [0.25, 0.3) is 0 Å². The Labute approximate surface area is 117 Å². The fraction of sp³-hybridized carbons (Fsp3) is 0.467. The molecule has 5 nitrogen and oxygen atoms in total. The lowest BCUT2D eigenvalue weighted by Gasteiger charge is -2.34. The molecule has 2 aliphatic heterocycles. The molecule has 2 amide bonds. The van der Waals surface area contributed by atoms with Crippen LogP contribution in [-0.2, 0) is 16.0 Å². The van der Waals surface area contributed by atoms with E-state index in [9.17, 15) is 14.7 Å². The lowest BCUT2D eigenvalue weighted by atomic mass is 10.0. The van der Waals surface area contributed by atoms with Crippen molar-refractivity contribution in [3.8, 4) is 5.75 Å². The summed E-state index contributed by atoms with van der Waals surface area (Å²) in [6, 6.07) is 5.94. The summed E-state index contributed by atoms with van der Waals surface area (Å²) in [6.07, 6.45) is 1.21. The molecule has 2 aliphatic rings. The van der Waals surface area contributed by atoms with Crippen LogP contribution in [0.5, 0.6) is 5.75 Å². The lowest BCUT2D eigenvalue weighted by molar-refractivity contribution is -0.147. The van der Waals surface area contributed by atoms with Crippen LogP contribution in [0.2, 0.25) is 0 Å². The van der Waals surface area contributed by atoms with Gasteiger partial charge in [0.05, 0.1) is 0 Å². The molecule has 0 saturated carbocycles. The number of carbonyl (C=O) groups is 2. The number of piperazine rings is 1. The van der Waals surface area contributed by atoms with Crippen LogP contribution < -0.4 is 5.32 Å². The molecule has 1 unspecified atom stereocenters. The second-order valence-electron chi connectivity index (χ2n) is 5.78. The molecular weight excluding hydrogens is 256 g/mol. The first-order chi connectivity index (χ1) is 9.54. The second-order valence-corrected chi connectivity index (χ2v) is 5.78. The Morgan fingerprint density at radius 2 is 2.00 bits per heavy atom. The van der Waals surface area contributed by atoms with Gasteiger partial charge < -0.3 is 15.3 Å². The second kappa shape index (κ2) is 4.81. The molecule has 2 saturated heterocycles. The maximum absolute atomic E-state index is 12.4. The molecule has 0 aliphatic carbocycles. The molecule has 0 bridgehead atoms. The Morgan fingerprint density at radius 1 is 1.30 bits per heavy atom. The van der Waals surface area contributed by atoms with Gasteiger partial charge in [-0.15, -0.1) is 0 Å². The van der Waals surface area contributed by atoms with Gasteiger partial charge in [0, 0.05) is 13.0 Å². The maximum atomic E-state index is 12.4. The van der Waals surface area contributed by atoms with Crippen molar-refractivity contribution in [1.82, 2.24) is 10.2 Å². The normalized spacial score (nSPS) is 29.2. The third-order valence-corrected chi connectivity index (χ3v) is 4.09. The van der Waals surface area contributed by atoms with E-state index >= 15 is 0 Å². The maximum Gasteiger partial charge on any atom is 0.246 e. The minimum absolute atomic E-state index is 0.00650. The fourth-order valence-electron chi connectivity index (χ4n) is 3.07. The number of hydrogen-bond acceptors (Lipinski definition) is 3. The Hall–Kier alpha value is -2.04. The van der Waals surface area contributed by atoms with Crippen LogP contribution in [0.4, 0.5) is 0 Å². The molecule has 3 rings (SSSR count). The zero-order valence-electron chi connectivity index (χ0n) is 11.4. The first-order valence-corrected chi connectivity index (χ1v) is 6.93. The fourth-order valence-corrected chi connectivity index (χ4v) is 3.07. The van der Waals surface area contributed by atoms with E-state index in [2.05, 4.69) is 12.2 Å². The van der Waals surface area contributed by atoms with Crippen molar-refractivity contribution in [3.05, 3.63) is 29.8 Å². The standard InChI is InChI=1S/C15H18N2O3/c1-9-6-13-14(19)16-12(15(20)17(13)8-9)7-10-2-4-11(18)5-3-10/h2-5,9,12-13,18H,6-8H2,1H3,(H,16,19)/t9?,12-,13-/m0/s1. The summed E-state index contributed by atoms with van der Waals surface area (Å²) in [4.78, 5) is 26.2. The smallest absolute Gasteiger partial charge is 0.246 e. The topological polar surface area (TPSA) is 69.6 Å². The van der Waals surface area contributed by atoms with Crippen molar-refractivity contribution in [1.29, 1.82) is 0 Å². The molecule has 0 spiro atoms. The van der Waals surface area contributed by atoms with Crippen LogP contribution in [0, 0.1) is 5.92 Å². The SMILES string of the molecule is CC1C[C@H]2C(=O)N[C@@H](Cc3ccc(O)cc3)C(=O)N2C1. The Morgan fingerprint density at radius 3 is 2.70 bits per heavy atom. The molecule has 0 aromatic heterocycles. The van der Waals surface area contributed by atoms with E-state index in [0.29, 0.717) is 18.9 Å². The van der Waals surface area contributed by atoms with Crippen molar-refractivity contribution in [2.24, 2.45) is 5.92 Å². The van der Waals surface area contributed by atoms with Crippen molar-refractivity contribution in [2.45, 2.75) is 31.8 Å². The van der Waals surface area contributed by atoms with Crippen molar-refractivity contribution in [2.75, 3.05) is 6.54 Å². The van der Waals surface area contributed by atoms with Crippen molar-refractivity contribution < 1.29 is 14.7 Å². The predicted octanol–water partition coefficient (Wildman–Crippen LogP) is 0.670. The Bertz CT molecular complexity index is 541. The summed E-state index contributed by atoms with van der Waals surface area (Å²) in [5.74, 6) is 0.535. The van der Waals surface area contributed by atoms with Gasteiger partial charge in [-0.2, -0.15) is 0 Å². The average Bonchev–Trinajstić information content (AvgIpc) is 2.81. The van der Waals surface area contributed by atoms with Gasteiger partial charge in [-0.25, -0.2) is 0 Å². The van der Waals surface area contributed by atoms with Crippen LogP contribution in [0.3, 0.4) is 0 Å². The van der Waals surface area contributed by atoms with Crippen LogP contribution >= 0.6 is 0 Å². The van der Waals surface area contributed by atoms with Gasteiger partial charge in [-0.05, 0) is 30.0 Å². The van der Waals surface area contributed by atoms with Crippen molar-refractivity contribution >= 4 is 11.8 Å². The van der Waals surface area contributed by atoms with Crippen LogP contribution in [0.15, 0.2) is 24.3 Å². The molecule has 106 valence electrons. The first-order valence-electron chi connectivity index (χ1n) is 6.93. The number of phenolic OH excluding ortho intramolecular Hbond substituents is 1. The first kappa shape index (κ1) is 13.0. The lowest BCUT2D eigenvalue weighted by Crippen LogP contribution is -2.61. The number of phenols is 1. The molecule has 0 radical (unpaired) electrons. The quantitative estimate of drug-likeness (QED) is 0.833. The third kappa shape index (κ3) is 2.24. The summed E-state index contributed by atoms with van der Waals surface area (Å²) in [6.45, 7) is 2.73. The number of carbonyl (C=O) groups excluding carboxylic acids is 2. The monoisotopic (exact) mass is 274 g/mol. The van der Waals surface area contributed by atoms with Gasteiger partial charge in [0.15, 0.2) is 0 Å². The Kier molecular flexibility index (Phi) is 3.12. The van der Waals surface area contributed by atoms with E-state index in [1.165, 1.54) is 0 Å². The van der Waals surface area contributed by atoms with E-state index in [1.807, 2.05) is 0 Å². The molecule has 1 aromatic carbocycles. The van der Waals surface area contributed by atoms with E-state index in [0.717, 1.165) is 12.0 Å². The third-order valence-electron chi connectivity index (χ3n) is 4.09. The summed E-state index contributed by atoms with van der Waals surface area (Å²) in [5, 5.41) is 12.1. The van der Waals surface area contributed by atoms with E-state index in [-0.39, 0.29) is 23.6 Å². The van der Waals surface area contributed by atoms with E-state index in [4.69, 9.17) is 0 Å².